The first-order valence-electron chi connectivity index (χ1n) is 4.28. The predicted molar refractivity (Wildman–Crippen MR) is 47.6 cm³/mol. The first kappa shape index (κ1) is 12.6. The molecule has 2 heteroatoms. The van der Waals surface area contributed by atoms with E-state index in [1.807, 2.05) is 13.8 Å². The minimum absolute atomic E-state index is 0.764. The maximum atomic E-state index is 5.13. The van der Waals surface area contributed by atoms with Crippen LogP contribution in [0.15, 0.2) is 0 Å². The summed E-state index contributed by atoms with van der Waals surface area (Å²) < 4.78 is 0. The summed E-state index contributed by atoms with van der Waals surface area (Å²) in [5, 5.41) is 0. The molecule has 0 bridgehead atoms. The zero-order valence-corrected chi connectivity index (χ0v) is 7.78. The first-order valence-corrected chi connectivity index (χ1v) is 4.28. The van der Waals surface area contributed by atoms with Crippen LogP contribution in [-0.4, -0.2) is 6.54 Å². The Morgan fingerprint density at radius 3 is 1.70 bits per heavy atom. The summed E-state index contributed by atoms with van der Waals surface area (Å²) in [4.78, 5) is 0. The second-order valence-corrected chi connectivity index (χ2v) is 2.09. The lowest BCUT2D eigenvalue weighted by Gasteiger charge is -2.09. The van der Waals surface area contributed by atoms with Crippen LogP contribution >= 0.6 is 0 Å². The van der Waals surface area contributed by atoms with Crippen LogP contribution in [0.3, 0.4) is 0 Å². The van der Waals surface area contributed by atoms with Crippen LogP contribution in [0.25, 0.3) is 0 Å². The number of hydrogen-bond acceptors (Lipinski definition) is 2. The molecule has 64 valence electrons. The molecule has 0 heterocycles. The Kier molecular flexibility index (Phi) is 14.7. The van der Waals surface area contributed by atoms with Crippen molar-refractivity contribution >= 4 is 0 Å². The quantitative estimate of drug-likeness (QED) is 0.469. The molecule has 0 amide bonds. The van der Waals surface area contributed by atoms with Crippen LogP contribution in [0, 0.1) is 5.92 Å². The normalized spacial score (nSPS) is 9.00. The van der Waals surface area contributed by atoms with Gasteiger partial charge in [0.1, 0.15) is 0 Å². The lowest BCUT2D eigenvalue weighted by Crippen LogP contribution is -2.28. The van der Waals surface area contributed by atoms with E-state index >= 15 is 0 Å². The van der Waals surface area contributed by atoms with Crippen LogP contribution in [0.4, 0.5) is 0 Å². The van der Waals surface area contributed by atoms with Crippen LogP contribution in [-0.2, 0) is 0 Å². The molecule has 0 saturated carbocycles. The van der Waals surface area contributed by atoms with Gasteiger partial charge in [-0.2, -0.15) is 0 Å². The van der Waals surface area contributed by atoms with Gasteiger partial charge in [0, 0.05) is 6.54 Å². The molecule has 0 aliphatic carbocycles. The van der Waals surface area contributed by atoms with E-state index in [1.165, 1.54) is 12.8 Å². The standard InChI is InChI=1S/C6H16N2.C2H6/c1-3-6(4-2)5-8-7;1-2/h6,8H,3-5,7H2,1-2H3;1-2H3. The zero-order chi connectivity index (χ0) is 8.41. The third kappa shape index (κ3) is 7.92. The van der Waals surface area contributed by atoms with Gasteiger partial charge in [0.25, 0.3) is 0 Å². The van der Waals surface area contributed by atoms with Crippen molar-refractivity contribution in [1.82, 2.24) is 5.43 Å². The van der Waals surface area contributed by atoms with Gasteiger partial charge in [0.15, 0.2) is 0 Å². The number of hydrogen-bond donors (Lipinski definition) is 2. The molecule has 0 unspecified atom stereocenters. The van der Waals surface area contributed by atoms with Gasteiger partial charge in [-0.15, -0.1) is 0 Å². The Morgan fingerprint density at radius 1 is 1.20 bits per heavy atom. The second kappa shape index (κ2) is 11.7. The van der Waals surface area contributed by atoms with Gasteiger partial charge in [-0.3, -0.25) is 11.3 Å². The molecule has 0 fully saturated rings. The molecule has 0 aromatic carbocycles. The van der Waals surface area contributed by atoms with Crippen molar-refractivity contribution in [3.63, 3.8) is 0 Å². The molecule has 0 aliphatic heterocycles. The summed E-state index contributed by atoms with van der Waals surface area (Å²) in [5.74, 6) is 5.89. The van der Waals surface area contributed by atoms with Crippen molar-refractivity contribution in [2.45, 2.75) is 40.5 Å². The van der Waals surface area contributed by atoms with Gasteiger partial charge in [0.2, 0.25) is 0 Å². The molecule has 0 aliphatic rings. The smallest absolute Gasteiger partial charge is 0.0126 e. The number of nitrogens with two attached hydrogens (primary N) is 1. The van der Waals surface area contributed by atoms with Crippen molar-refractivity contribution in [2.75, 3.05) is 6.54 Å². The summed E-state index contributed by atoms with van der Waals surface area (Å²) in [6.45, 7) is 9.32. The molecule has 0 spiro atoms. The fourth-order valence-electron chi connectivity index (χ4n) is 0.744. The molecule has 0 rings (SSSR count). The fourth-order valence-corrected chi connectivity index (χ4v) is 0.744. The van der Waals surface area contributed by atoms with E-state index in [9.17, 15) is 0 Å². The molecule has 0 radical (unpaired) electrons. The van der Waals surface area contributed by atoms with Crippen molar-refractivity contribution in [3.05, 3.63) is 0 Å². The third-order valence-electron chi connectivity index (χ3n) is 1.56. The van der Waals surface area contributed by atoms with Gasteiger partial charge in [-0.05, 0) is 5.92 Å². The highest BCUT2D eigenvalue weighted by Gasteiger charge is 1.98. The number of rotatable bonds is 4. The summed E-state index contributed by atoms with van der Waals surface area (Å²) in [6, 6.07) is 0. The summed E-state index contributed by atoms with van der Waals surface area (Å²) >= 11 is 0. The average Bonchev–Trinajstić information content (AvgIpc) is 2.04. The minimum atomic E-state index is 0.764. The van der Waals surface area contributed by atoms with Gasteiger partial charge >= 0.3 is 0 Å². The molecule has 0 saturated heterocycles. The van der Waals surface area contributed by atoms with Crippen LogP contribution in [0.5, 0.6) is 0 Å². The summed E-state index contributed by atoms with van der Waals surface area (Å²) in [5.41, 5.74) is 2.67. The van der Waals surface area contributed by atoms with Crippen LogP contribution < -0.4 is 11.3 Å². The SMILES string of the molecule is CC.CCC(CC)CNN. The Morgan fingerprint density at radius 2 is 1.60 bits per heavy atom. The number of hydrazine groups is 1. The van der Waals surface area contributed by atoms with Crippen LogP contribution in [0.2, 0.25) is 0 Å². The fraction of sp³-hybridized carbons (Fsp3) is 1.00. The molecule has 0 aromatic heterocycles. The predicted octanol–water partition coefficient (Wildman–Crippen LogP) is 1.91. The van der Waals surface area contributed by atoms with Crippen molar-refractivity contribution in [1.29, 1.82) is 0 Å². The van der Waals surface area contributed by atoms with Gasteiger partial charge in [0.05, 0.1) is 0 Å². The lowest BCUT2D eigenvalue weighted by molar-refractivity contribution is 0.456. The molecule has 2 nitrogen and oxygen atoms in total. The monoisotopic (exact) mass is 146 g/mol. The lowest BCUT2D eigenvalue weighted by atomic mass is 10.0. The maximum Gasteiger partial charge on any atom is 0.0126 e. The Hall–Kier alpha value is -0.0800. The average molecular weight is 146 g/mol. The van der Waals surface area contributed by atoms with E-state index in [-0.39, 0.29) is 0 Å². The molecule has 0 atom stereocenters. The van der Waals surface area contributed by atoms with Gasteiger partial charge < -0.3 is 0 Å². The zero-order valence-electron chi connectivity index (χ0n) is 7.78. The van der Waals surface area contributed by atoms with E-state index in [2.05, 4.69) is 19.3 Å². The van der Waals surface area contributed by atoms with Gasteiger partial charge in [-0.25, -0.2) is 0 Å². The van der Waals surface area contributed by atoms with E-state index in [0.717, 1.165) is 12.5 Å². The Bertz CT molecular complexity index is 42.5. The highest BCUT2D eigenvalue weighted by molar-refractivity contribution is 4.53. The largest absolute Gasteiger partial charge is 0.271 e. The van der Waals surface area contributed by atoms with Crippen molar-refractivity contribution in [2.24, 2.45) is 11.8 Å². The van der Waals surface area contributed by atoms with Crippen LogP contribution in [0.1, 0.15) is 40.5 Å². The molecular weight excluding hydrogens is 124 g/mol. The highest BCUT2D eigenvalue weighted by atomic mass is 15.2. The highest BCUT2D eigenvalue weighted by Crippen LogP contribution is 2.03. The van der Waals surface area contributed by atoms with Gasteiger partial charge in [-0.1, -0.05) is 40.5 Å². The van der Waals surface area contributed by atoms with E-state index < -0.39 is 0 Å². The molecular formula is C8H22N2. The molecule has 3 N–H and O–H groups in total. The Balaban J connectivity index is 0. The summed E-state index contributed by atoms with van der Waals surface area (Å²) in [7, 11) is 0. The second-order valence-electron chi connectivity index (χ2n) is 2.09. The third-order valence-corrected chi connectivity index (χ3v) is 1.56. The van der Waals surface area contributed by atoms with Crippen molar-refractivity contribution in [3.8, 4) is 0 Å². The minimum Gasteiger partial charge on any atom is -0.271 e. The van der Waals surface area contributed by atoms with Crippen molar-refractivity contribution < 1.29 is 0 Å². The van der Waals surface area contributed by atoms with E-state index in [4.69, 9.17) is 5.84 Å². The topological polar surface area (TPSA) is 38.0 Å². The Labute approximate surface area is 65.2 Å². The summed E-state index contributed by atoms with van der Waals surface area (Å²) in [6.07, 6.45) is 2.45. The van der Waals surface area contributed by atoms with E-state index in [1.54, 1.807) is 0 Å². The first-order chi connectivity index (χ1) is 4.85. The molecule has 10 heavy (non-hydrogen) atoms. The maximum absolute atomic E-state index is 5.13. The molecule has 0 aromatic rings. The number of nitrogens with one attached hydrogen (secondary N) is 1. The van der Waals surface area contributed by atoms with E-state index in [0.29, 0.717) is 0 Å².